The molecule has 0 saturated heterocycles. The summed E-state index contributed by atoms with van der Waals surface area (Å²) in [6, 6.07) is 3.03. The lowest BCUT2D eigenvalue weighted by molar-refractivity contribution is -0.184. The van der Waals surface area contributed by atoms with E-state index in [2.05, 4.69) is 4.84 Å². The van der Waals surface area contributed by atoms with Crippen molar-refractivity contribution in [3.63, 3.8) is 0 Å². The molecule has 0 saturated carbocycles. The van der Waals surface area contributed by atoms with Crippen LogP contribution in [0.5, 0.6) is 5.75 Å². The number of halogens is 4. The molecule has 94 valence electrons. The normalized spacial score (nSPS) is 11.3. The zero-order valence-electron chi connectivity index (χ0n) is 8.21. The standard InChI is InChI=1S/C9H7F4NO3/c10-5-2-1-3-6(15)7(5)8(16)14-17-4-9(11,12)13/h1-3,15H,4H2,(H,14,16). The van der Waals surface area contributed by atoms with E-state index in [9.17, 15) is 22.4 Å². The molecule has 0 unspecified atom stereocenters. The van der Waals surface area contributed by atoms with Crippen molar-refractivity contribution in [2.24, 2.45) is 0 Å². The van der Waals surface area contributed by atoms with Crippen LogP contribution in [0.3, 0.4) is 0 Å². The summed E-state index contributed by atoms with van der Waals surface area (Å²) < 4.78 is 48.1. The molecule has 0 radical (unpaired) electrons. The molecule has 1 aromatic rings. The van der Waals surface area contributed by atoms with Crippen molar-refractivity contribution in [3.8, 4) is 5.75 Å². The number of hydrogen-bond donors (Lipinski definition) is 2. The monoisotopic (exact) mass is 253 g/mol. The van der Waals surface area contributed by atoms with Crippen molar-refractivity contribution in [2.75, 3.05) is 6.61 Å². The maximum absolute atomic E-state index is 13.1. The number of phenols is 1. The molecule has 8 heteroatoms. The Kier molecular flexibility index (Phi) is 3.89. The highest BCUT2D eigenvalue weighted by Gasteiger charge is 2.28. The Morgan fingerprint density at radius 3 is 2.59 bits per heavy atom. The molecule has 0 atom stereocenters. The highest BCUT2D eigenvalue weighted by atomic mass is 19.4. The summed E-state index contributed by atoms with van der Waals surface area (Å²) >= 11 is 0. The summed E-state index contributed by atoms with van der Waals surface area (Å²) in [5.74, 6) is -3.07. The fourth-order valence-corrected chi connectivity index (χ4v) is 0.972. The van der Waals surface area contributed by atoms with E-state index < -0.39 is 35.8 Å². The quantitative estimate of drug-likeness (QED) is 0.637. The minimum absolute atomic E-state index is 0.696. The van der Waals surface area contributed by atoms with E-state index in [-0.39, 0.29) is 0 Å². The van der Waals surface area contributed by atoms with Crippen LogP contribution in [0.25, 0.3) is 0 Å². The molecule has 17 heavy (non-hydrogen) atoms. The zero-order valence-corrected chi connectivity index (χ0v) is 8.21. The molecule has 0 aliphatic carbocycles. The molecule has 1 aromatic carbocycles. The van der Waals surface area contributed by atoms with Gasteiger partial charge in [0.1, 0.15) is 17.1 Å². The van der Waals surface area contributed by atoms with Crippen molar-refractivity contribution in [1.82, 2.24) is 5.48 Å². The van der Waals surface area contributed by atoms with Crippen molar-refractivity contribution < 1.29 is 32.3 Å². The van der Waals surface area contributed by atoms with Gasteiger partial charge in [-0.3, -0.25) is 9.63 Å². The van der Waals surface area contributed by atoms with E-state index in [1.54, 1.807) is 0 Å². The molecule has 0 aliphatic heterocycles. The lowest BCUT2D eigenvalue weighted by Crippen LogP contribution is -2.30. The molecular formula is C9H7F4NO3. The maximum Gasteiger partial charge on any atom is 0.414 e. The number of phenolic OH excluding ortho intramolecular Hbond substituents is 1. The predicted molar refractivity (Wildman–Crippen MR) is 47.5 cm³/mol. The van der Waals surface area contributed by atoms with Crippen LogP contribution in [0, 0.1) is 5.82 Å². The van der Waals surface area contributed by atoms with Gasteiger partial charge in [-0.05, 0) is 12.1 Å². The lowest BCUT2D eigenvalue weighted by atomic mass is 10.2. The first-order valence-corrected chi connectivity index (χ1v) is 4.27. The Morgan fingerprint density at radius 2 is 2.06 bits per heavy atom. The van der Waals surface area contributed by atoms with E-state index in [1.807, 2.05) is 0 Å². The summed E-state index contributed by atoms with van der Waals surface area (Å²) in [6.45, 7) is -1.71. The Bertz CT molecular complexity index is 399. The minimum Gasteiger partial charge on any atom is -0.507 e. The Balaban J connectivity index is 2.65. The van der Waals surface area contributed by atoms with Crippen molar-refractivity contribution >= 4 is 5.91 Å². The zero-order chi connectivity index (χ0) is 13.1. The predicted octanol–water partition coefficient (Wildman–Crippen LogP) is 1.75. The van der Waals surface area contributed by atoms with Crippen molar-refractivity contribution in [2.45, 2.75) is 6.18 Å². The first-order valence-electron chi connectivity index (χ1n) is 4.27. The number of carbonyl (C=O) groups excluding carboxylic acids is 1. The van der Waals surface area contributed by atoms with Crippen LogP contribution in [0.4, 0.5) is 17.6 Å². The number of alkyl halides is 3. The fraction of sp³-hybridized carbons (Fsp3) is 0.222. The van der Waals surface area contributed by atoms with Gasteiger partial charge in [0.15, 0.2) is 6.61 Å². The largest absolute Gasteiger partial charge is 0.507 e. The van der Waals surface area contributed by atoms with Gasteiger partial charge >= 0.3 is 6.18 Å². The van der Waals surface area contributed by atoms with E-state index >= 15 is 0 Å². The lowest BCUT2D eigenvalue weighted by Gasteiger charge is -2.09. The van der Waals surface area contributed by atoms with Crippen molar-refractivity contribution in [3.05, 3.63) is 29.6 Å². The van der Waals surface area contributed by atoms with E-state index in [1.165, 1.54) is 5.48 Å². The van der Waals surface area contributed by atoms with Gasteiger partial charge in [0, 0.05) is 0 Å². The Labute approximate surface area is 92.8 Å². The minimum atomic E-state index is -4.62. The first-order chi connectivity index (χ1) is 7.81. The van der Waals surface area contributed by atoms with Gasteiger partial charge < -0.3 is 5.11 Å². The smallest absolute Gasteiger partial charge is 0.414 e. The van der Waals surface area contributed by atoms with Crippen LogP contribution in [-0.2, 0) is 4.84 Å². The second kappa shape index (κ2) is 5.00. The highest BCUT2D eigenvalue weighted by molar-refractivity contribution is 5.96. The Hall–Kier alpha value is -1.83. The molecule has 0 spiro atoms. The number of hydroxylamine groups is 1. The van der Waals surface area contributed by atoms with Crippen LogP contribution in [0.1, 0.15) is 10.4 Å². The van der Waals surface area contributed by atoms with Crippen LogP contribution >= 0.6 is 0 Å². The van der Waals surface area contributed by atoms with Crippen LogP contribution in [0.15, 0.2) is 18.2 Å². The van der Waals surface area contributed by atoms with Crippen LogP contribution in [0.2, 0.25) is 0 Å². The van der Waals surface area contributed by atoms with Gasteiger partial charge in [0.25, 0.3) is 5.91 Å². The molecule has 0 bridgehead atoms. The van der Waals surface area contributed by atoms with Gasteiger partial charge in [-0.25, -0.2) is 9.87 Å². The summed E-state index contributed by atoms with van der Waals surface area (Å²) in [4.78, 5) is 15.0. The molecule has 1 amide bonds. The van der Waals surface area contributed by atoms with E-state index in [4.69, 9.17) is 5.11 Å². The van der Waals surface area contributed by atoms with Crippen LogP contribution < -0.4 is 5.48 Å². The highest BCUT2D eigenvalue weighted by Crippen LogP contribution is 2.19. The van der Waals surface area contributed by atoms with E-state index in [0.29, 0.717) is 0 Å². The molecule has 0 aliphatic rings. The number of hydrogen-bond acceptors (Lipinski definition) is 3. The average Bonchev–Trinajstić information content (AvgIpc) is 2.15. The third kappa shape index (κ3) is 3.91. The molecule has 0 fully saturated rings. The molecule has 4 nitrogen and oxygen atoms in total. The number of benzene rings is 1. The van der Waals surface area contributed by atoms with Crippen LogP contribution in [-0.4, -0.2) is 23.8 Å². The first kappa shape index (κ1) is 13.2. The molecule has 2 N–H and O–H groups in total. The van der Waals surface area contributed by atoms with Gasteiger partial charge in [-0.2, -0.15) is 13.2 Å². The third-order valence-corrected chi connectivity index (χ3v) is 1.62. The third-order valence-electron chi connectivity index (χ3n) is 1.62. The van der Waals surface area contributed by atoms with E-state index in [0.717, 1.165) is 18.2 Å². The van der Waals surface area contributed by atoms with Crippen molar-refractivity contribution in [1.29, 1.82) is 0 Å². The summed E-state index contributed by atoms with van der Waals surface area (Å²) in [6.07, 6.45) is -4.62. The molecule has 0 aromatic heterocycles. The summed E-state index contributed by atoms with van der Waals surface area (Å²) in [7, 11) is 0. The summed E-state index contributed by atoms with van der Waals surface area (Å²) in [5, 5.41) is 9.14. The number of carbonyl (C=O) groups is 1. The number of aromatic hydroxyl groups is 1. The van der Waals surface area contributed by atoms with Gasteiger partial charge in [0.2, 0.25) is 0 Å². The van der Waals surface area contributed by atoms with Gasteiger partial charge in [0.05, 0.1) is 0 Å². The molecule has 1 rings (SSSR count). The number of nitrogens with one attached hydrogen (secondary N) is 1. The average molecular weight is 253 g/mol. The molecular weight excluding hydrogens is 246 g/mol. The maximum atomic E-state index is 13.1. The van der Waals surface area contributed by atoms with Gasteiger partial charge in [-0.15, -0.1) is 0 Å². The Morgan fingerprint density at radius 1 is 1.41 bits per heavy atom. The van der Waals surface area contributed by atoms with Gasteiger partial charge in [-0.1, -0.05) is 6.07 Å². The number of amides is 1. The molecule has 0 heterocycles. The number of rotatable bonds is 3. The SMILES string of the molecule is O=C(NOCC(F)(F)F)c1c(O)cccc1F. The fourth-order valence-electron chi connectivity index (χ4n) is 0.972. The summed E-state index contributed by atoms with van der Waals surface area (Å²) in [5.41, 5.74) is 0.596. The second-order valence-corrected chi connectivity index (χ2v) is 2.97. The topological polar surface area (TPSA) is 58.6 Å². The second-order valence-electron chi connectivity index (χ2n) is 2.97.